The maximum Gasteiger partial charge on any atom is 0.129 e. The van der Waals surface area contributed by atoms with Crippen LogP contribution < -0.4 is 10.2 Å². The highest BCUT2D eigenvalue weighted by atomic mass is 16.5. The van der Waals surface area contributed by atoms with Gasteiger partial charge in [0, 0.05) is 24.8 Å². The molecule has 3 fully saturated rings. The molecule has 1 aliphatic heterocycles. The molecule has 0 amide bonds. The predicted octanol–water partition coefficient (Wildman–Crippen LogP) is 2.40. The van der Waals surface area contributed by atoms with Gasteiger partial charge in [-0.25, -0.2) is 4.98 Å². The van der Waals surface area contributed by atoms with Crippen LogP contribution in [0.4, 0.5) is 5.82 Å². The van der Waals surface area contributed by atoms with E-state index in [0.717, 1.165) is 37.3 Å². The van der Waals surface area contributed by atoms with Crippen LogP contribution in [0.5, 0.6) is 0 Å². The highest BCUT2D eigenvalue weighted by Crippen LogP contribution is 2.32. The Kier molecular flexibility index (Phi) is 3.59. The van der Waals surface area contributed by atoms with E-state index in [4.69, 9.17) is 9.72 Å². The van der Waals surface area contributed by atoms with Crippen LogP contribution in [-0.2, 0) is 11.3 Å². The smallest absolute Gasteiger partial charge is 0.129 e. The van der Waals surface area contributed by atoms with E-state index in [1.165, 1.54) is 37.7 Å². The summed E-state index contributed by atoms with van der Waals surface area (Å²) in [7, 11) is 0. The highest BCUT2D eigenvalue weighted by Gasteiger charge is 2.36. The molecule has 0 aromatic carbocycles. The molecule has 1 N–H and O–H groups in total. The normalized spacial score (nSPS) is 28.7. The quantitative estimate of drug-likeness (QED) is 0.923. The zero-order valence-corrected chi connectivity index (χ0v) is 12.8. The first-order valence-electron chi connectivity index (χ1n) is 8.39. The number of nitrogens with one attached hydrogen (secondary N) is 1. The molecule has 2 aliphatic carbocycles. The molecule has 2 atom stereocenters. The lowest BCUT2D eigenvalue weighted by molar-refractivity contribution is 0.0253. The second kappa shape index (κ2) is 5.58. The fraction of sp³-hybridized carbons (Fsp3) is 0.706. The number of pyridine rings is 1. The van der Waals surface area contributed by atoms with Crippen molar-refractivity contribution in [2.24, 2.45) is 0 Å². The van der Waals surface area contributed by atoms with Gasteiger partial charge in [-0.15, -0.1) is 0 Å². The fourth-order valence-electron chi connectivity index (χ4n) is 3.73. The van der Waals surface area contributed by atoms with Gasteiger partial charge in [0.1, 0.15) is 5.82 Å². The van der Waals surface area contributed by atoms with Crippen molar-refractivity contribution < 1.29 is 4.74 Å². The average molecular weight is 287 g/mol. The van der Waals surface area contributed by atoms with Crippen molar-refractivity contribution >= 4 is 5.82 Å². The molecule has 0 spiro atoms. The van der Waals surface area contributed by atoms with Crippen molar-refractivity contribution in [3.63, 3.8) is 0 Å². The first kappa shape index (κ1) is 13.5. The van der Waals surface area contributed by atoms with Crippen molar-refractivity contribution in [2.45, 2.75) is 63.8 Å². The zero-order chi connectivity index (χ0) is 14.2. The van der Waals surface area contributed by atoms with E-state index in [1.54, 1.807) is 0 Å². The monoisotopic (exact) mass is 287 g/mol. The Bertz CT molecular complexity index is 515. The molecule has 4 nitrogen and oxygen atoms in total. The summed E-state index contributed by atoms with van der Waals surface area (Å²) < 4.78 is 5.92. The minimum absolute atomic E-state index is 0.425. The predicted molar refractivity (Wildman–Crippen MR) is 83.6 cm³/mol. The summed E-state index contributed by atoms with van der Waals surface area (Å²) in [5.74, 6) is 1.16. The van der Waals surface area contributed by atoms with Crippen LogP contribution in [0.3, 0.4) is 0 Å². The number of aromatic nitrogens is 1. The number of hydrogen-bond acceptors (Lipinski definition) is 4. The molecule has 1 aromatic heterocycles. The van der Waals surface area contributed by atoms with E-state index in [0.29, 0.717) is 12.1 Å². The topological polar surface area (TPSA) is 37.4 Å². The summed E-state index contributed by atoms with van der Waals surface area (Å²) in [6, 6.07) is 5.79. The van der Waals surface area contributed by atoms with E-state index in [2.05, 4.69) is 29.3 Å². The lowest BCUT2D eigenvalue weighted by atomic mass is 10.1. The Hall–Kier alpha value is -1.13. The summed E-state index contributed by atoms with van der Waals surface area (Å²) in [4.78, 5) is 7.30. The summed E-state index contributed by atoms with van der Waals surface area (Å²) in [5, 5.41) is 3.61. The molecule has 3 aliphatic rings. The Balaban J connectivity index is 1.54. The average Bonchev–Trinajstić information content (AvgIpc) is 3.19. The molecule has 4 heteroatoms. The van der Waals surface area contributed by atoms with Crippen molar-refractivity contribution in [3.8, 4) is 0 Å². The maximum atomic E-state index is 5.92. The lowest BCUT2D eigenvalue weighted by Gasteiger charge is -2.38. The van der Waals surface area contributed by atoms with Gasteiger partial charge in [0.05, 0.1) is 18.8 Å². The molecule has 0 bridgehead atoms. The molecule has 0 radical (unpaired) electrons. The Morgan fingerprint density at radius 2 is 2.19 bits per heavy atom. The van der Waals surface area contributed by atoms with Gasteiger partial charge in [0.15, 0.2) is 0 Å². The van der Waals surface area contributed by atoms with E-state index in [1.807, 2.05) is 0 Å². The number of anilines is 1. The number of ether oxygens (including phenoxy) is 1. The SMILES string of the molecule is Cc1cc(CNC2CC2)cc(N2CCOC3CCCC32)n1. The van der Waals surface area contributed by atoms with Gasteiger partial charge in [-0.2, -0.15) is 0 Å². The number of rotatable bonds is 4. The van der Waals surface area contributed by atoms with E-state index in [-0.39, 0.29) is 0 Å². The number of fused-ring (bicyclic) bond motifs is 1. The van der Waals surface area contributed by atoms with Crippen LogP contribution in [0.15, 0.2) is 12.1 Å². The van der Waals surface area contributed by atoms with Crippen LogP contribution in [0.1, 0.15) is 43.4 Å². The minimum Gasteiger partial charge on any atom is -0.374 e. The van der Waals surface area contributed by atoms with Gasteiger partial charge in [-0.05, 0) is 56.7 Å². The van der Waals surface area contributed by atoms with E-state index < -0.39 is 0 Å². The fourth-order valence-corrected chi connectivity index (χ4v) is 3.73. The van der Waals surface area contributed by atoms with Crippen molar-refractivity contribution in [3.05, 3.63) is 23.4 Å². The molecule has 2 heterocycles. The van der Waals surface area contributed by atoms with Gasteiger partial charge >= 0.3 is 0 Å². The summed E-state index contributed by atoms with van der Waals surface area (Å²) >= 11 is 0. The largest absolute Gasteiger partial charge is 0.374 e. The third-order valence-electron chi connectivity index (χ3n) is 4.95. The van der Waals surface area contributed by atoms with Crippen molar-refractivity contribution in [1.82, 2.24) is 10.3 Å². The molecule has 2 saturated carbocycles. The van der Waals surface area contributed by atoms with Crippen molar-refractivity contribution in [2.75, 3.05) is 18.1 Å². The molecule has 114 valence electrons. The van der Waals surface area contributed by atoms with Crippen LogP contribution in [0.2, 0.25) is 0 Å². The molecular formula is C17H25N3O. The molecule has 1 saturated heterocycles. The van der Waals surface area contributed by atoms with Crippen LogP contribution in [0.25, 0.3) is 0 Å². The Labute approximate surface area is 126 Å². The first-order valence-corrected chi connectivity index (χ1v) is 8.39. The molecule has 2 unspecified atom stereocenters. The third-order valence-corrected chi connectivity index (χ3v) is 4.95. The molecule has 21 heavy (non-hydrogen) atoms. The molecule has 1 aromatic rings. The van der Waals surface area contributed by atoms with Gasteiger partial charge in [0.25, 0.3) is 0 Å². The summed E-state index contributed by atoms with van der Waals surface area (Å²) in [6.07, 6.45) is 6.84. The van der Waals surface area contributed by atoms with Gasteiger partial charge < -0.3 is 15.0 Å². The number of hydrogen-bond donors (Lipinski definition) is 1. The Morgan fingerprint density at radius 1 is 1.29 bits per heavy atom. The van der Waals surface area contributed by atoms with E-state index >= 15 is 0 Å². The standard InChI is InChI=1S/C17H25N3O/c1-12-9-13(11-18-14-5-6-14)10-17(19-12)20-7-8-21-16-4-2-3-15(16)20/h9-10,14-16,18H,2-8,11H2,1H3. The maximum absolute atomic E-state index is 5.92. The molecule has 4 rings (SSSR count). The highest BCUT2D eigenvalue weighted by molar-refractivity contribution is 5.45. The van der Waals surface area contributed by atoms with Gasteiger partial charge in [0.2, 0.25) is 0 Å². The number of aryl methyl sites for hydroxylation is 1. The minimum atomic E-state index is 0.425. The number of nitrogens with zero attached hydrogens (tertiary/aromatic N) is 2. The second-order valence-corrected chi connectivity index (χ2v) is 6.73. The van der Waals surface area contributed by atoms with Crippen LogP contribution in [0, 0.1) is 6.92 Å². The third kappa shape index (κ3) is 2.92. The van der Waals surface area contributed by atoms with Gasteiger partial charge in [-0.1, -0.05) is 0 Å². The van der Waals surface area contributed by atoms with Crippen molar-refractivity contribution in [1.29, 1.82) is 0 Å². The van der Waals surface area contributed by atoms with Crippen LogP contribution in [-0.4, -0.2) is 36.3 Å². The zero-order valence-electron chi connectivity index (χ0n) is 12.8. The van der Waals surface area contributed by atoms with Gasteiger partial charge in [-0.3, -0.25) is 0 Å². The van der Waals surface area contributed by atoms with Crippen LogP contribution >= 0.6 is 0 Å². The molecular weight excluding hydrogens is 262 g/mol. The second-order valence-electron chi connectivity index (χ2n) is 6.73. The lowest BCUT2D eigenvalue weighted by Crippen LogP contribution is -2.49. The summed E-state index contributed by atoms with van der Waals surface area (Å²) in [5.41, 5.74) is 2.49. The Morgan fingerprint density at radius 3 is 3.05 bits per heavy atom. The van der Waals surface area contributed by atoms with E-state index in [9.17, 15) is 0 Å². The first-order chi connectivity index (χ1) is 10.3. The number of morpholine rings is 1. The summed E-state index contributed by atoms with van der Waals surface area (Å²) in [6.45, 7) is 4.90.